The second-order valence-corrected chi connectivity index (χ2v) is 14.2. The van der Waals surface area contributed by atoms with Gasteiger partial charge in [-0.1, -0.05) is 41.5 Å². The summed E-state index contributed by atoms with van der Waals surface area (Å²) in [4.78, 5) is 25.3. The molecule has 2 N–H and O–H groups in total. The largest absolute Gasteiger partial charge is 0.462 e. The summed E-state index contributed by atoms with van der Waals surface area (Å²) >= 11 is 0. The number of rotatable bonds is 9. The van der Waals surface area contributed by atoms with E-state index in [2.05, 4.69) is 5.32 Å². The van der Waals surface area contributed by atoms with E-state index < -0.39 is 31.9 Å². The van der Waals surface area contributed by atoms with Crippen LogP contribution in [0.1, 0.15) is 47.2 Å². The molecule has 0 saturated heterocycles. The van der Waals surface area contributed by atoms with Crippen LogP contribution >= 0.6 is 0 Å². The van der Waals surface area contributed by atoms with Crippen LogP contribution in [0.2, 0.25) is 0 Å². The minimum atomic E-state index is -4.06. The van der Waals surface area contributed by atoms with E-state index in [1.807, 2.05) is 18.6 Å². The molecule has 0 aliphatic heterocycles. The molecule has 0 bridgehead atoms. The predicted molar refractivity (Wildman–Crippen MR) is 156 cm³/mol. The predicted octanol–water partition coefficient (Wildman–Crippen LogP) is 5.25. The second-order valence-electron chi connectivity index (χ2n) is 10.5. The van der Waals surface area contributed by atoms with Gasteiger partial charge >= 0.3 is 12.0 Å². The lowest BCUT2D eigenvalue weighted by molar-refractivity contribution is 0.0398. The van der Waals surface area contributed by atoms with Gasteiger partial charge in [0.2, 0.25) is 0 Å². The fourth-order valence-corrected chi connectivity index (χ4v) is 7.38. The highest BCUT2D eigenvalue weighted by Gasteiger charge is 2.27. The molecule has 3 aromatic carbocycles. The molecule has 4 rings (SSSR count). The van der Waals surface area contributed by atoms with E-state index in [9.17, 15) is 26.4 Å². The van der Waals surface area contributed by atoms with E-state index in [1.54, 1.807) is 48.5 Å². The van der Waals surface area contributed by atoms with Gasteiger partial charge in [0.05, 0.1) is 27.7 Å². The summed E-state index contributed by atoms with van der Waals surface area (Å²) in [5.41, 5.74) is 2.33. The number of urea groups is 1. The van der Waals surface area contributed by atoms with Gasteiger partial charge in [0.15, 0.2) is 9.84 Å². The number of aryl methyl sites for hydroxylation is 2. The number of amides is 2. The van der Waals surface area contributed by atoms with Gasteiger partial charge in [0.25, 0.3) is 10.0 Å². The van der Waals surface area contributed by atoms with Crippen molar-refractivity contribution in [2.45, 2.75) is 49.3 Å². The Bertz CT molecular complexity index is 1590. The van der Waals surface area contributed by atoms with Crippen molar-refractivity contribution in [2.24, 2.45) is 11.8 Å². The Labute approximate surface area is 241 Å². The van der Waals surface area contributed by atoms with Gasteiger partial charge in [-0.15, -0.1) is 0 Å². The summed E-state index contributed by atoms with van der Waals surface area (Å²) in [6.07, 6.45) is 3.01. The lowest BCUT2D eigenvalue weighted by Gasteiger charge is -2.28. The van der Waals surface area contributed by atoms with Gasteiger partial charge in [-0.2, -0.15) is 0 Å². The van der Waals surface area contributed by atoms with Crippen molar-refractivity contribution in [2.75, 3.05) is 17.7 Å². The van der Waals surface area contributed by atoms with Crippen LogP contribution in [-0.2, 0) is 24.6 Å². The molecule has 1 aliphatic rings. The number of nitrogens with one attached hydrogen (secondary N) is 2. The molecule has 0 atom stereocenters. The first-order chi connectivity index (χ1) is 19.4. The minimum absolute atomic E-state index is 0.0440. The molecule has 0 spiro atoms. The molecule has 0 radical (unpaired) electrons. The van der Waals surface area contributed by atoms with E-state index in [1.165, 1.54) is 24.3 Å². The van der Waals surface area contributed by atoms with Crippen LogP contribution in [0, 0.1) is 25.7 Å². The third-order valence-electron chi connectivity index (χ3n) is 7.17. The number of sulfone groups is 1. The van der Waals surface area contributed by atoms with Crippen molar-refractivity contribution in [1.29, 1.82) is 0 Å². The zero-order chi connectivity index (χ0) is 29.6. The molecule has 3 aromatic rings. The van der Waals surface area contributed by atoms with E-state index in [4.69, 9.17) is 4.74 Å². The fourth-order valence-electron chi connectivity index (χ4n) is 4.77. The van der Waals surface area contributed by atoms with Crippen LogP contribution in [0.3, 0.4) is 0 Å². The number of esters is 1. The summed E-state index contributed by atoms with van der Waals surface area (Å²) in [6.45, 7) is 3.95. The van der Waals surface area contributed by atoms with Crippen molar-refractivity contribution in [3.8, 4) is 0 Å². The summed E-state index contributed by atoms with van der Waals surface area (Å²) < 4.78 is 57.9. The smallest absolute Gasteiger partial charge is 0.338 e. The molecule has 218 valence electrons. The zero-order valence-corrected chi connectivity index (χ0v) is 24.6. The number of sulfonamides is 1. The fraction of sp³-hybridized carbons (Fsp3) is 0.333. The number of hydrogen-bond acceptors (Lipinski definition) is 7. The Balaban J connectivity index is 1.24. The highest BCUT2D eigenvalue weighted by molar-refractivity contribution is 7.91. The van der Waals surface area contributed by atoms with E-state index in [0.717, 1.165) is 36.8 Å². The molecule has 2 amide bonds. The summed E-state index contributed by atoms with van der Waals surface area (Å²) in [5.74, 6) is -0.249. The van der Waals surface area contributed by atoms with Gasteiger partial charge in [-0.25, -0.2) is 31.1 Å². The summed E-state index contributed by atoms with van der Waals surface area (Å²) in [6, 6.07) is 18.1. The van der Waals surface area contributed by atoms with Gasteiger partial charge < -0.3 is 10.1 Å². The zero-order valence-electron chi connectivity index (χ0n) is 23.0. The van der Waals surface area contributed by atoms with Crippen LogP contribution in [0.5, 0.6) is 0 Å². The number of benzene rings is 3. The highest BCUT2D eigenvalue weighted by Crippen LogP contribution is 2.31. The summed E-state index contributed by atoms with van der Waals surface area (Å²) in [5, 5.41) is 2.43. The third kappa shape index (κ3) is 8.40. The van der Waals surface area contributed by atoms with Crippen LogP contribution in [-0.4, -0.2) is 41.2 Å². The SMILES string of the molecule is Cc1ccc(S(=O)(=O)CC2CCC(COC(=O)c3cccc(NC(=O)NS(=O)(=O)c4ccc(C)cc4)c3)CC2)cc1. The molecular weight excluding hydrogens is 564 g/mol. The van der Waals surface area contributed by atoms with Gasteiger partial charge in [-0.3, -0.25) is 0 Å². The molecule has 0 heterocycles. The number of carbonyl (C=O) groups excluding carboxylic acids is 2. The quantitative estimate of drug-likeness (QED) is 0.321. The molecule has 0 aromatic heterocycles. The topological polar surface area (TPSA) is 136 Å². The number of anilines is 1. The molecule has 1 fully saturated rings. The molecular formula is C30H34N2O7S2. The molecule has 11 heteroatoms. The Hall–Kier alpha value is -3.70. The lowest BCUT2D eigenvalue weighted by atomic mass is 9.83. The van der Waals surface area contributed by atoms with Crippen molar-refractivity contribution >= 4 is 37.5 Å². The molecule has 1 aliphatic carbocycles. The van der Waals surface area contributed by atoms with Gasteiger partial charge in [0.1, 0.15) is 0 Å². The number of hydrogen-bond donors (Lipinski definition) is 2. The minimum Gasteiger partial charge on any atom is -0.462 e. The van der Waals surface area contributed by atoms with Crippen LogP contribution in [0.15, 0.2) is 82.6 Å². The maximum Gasteiger partial charge on any atom is 0.338 e. The average molecular weight is 599 g/mol. The Kier molecular flexibility index (Phi) is 9.49. The molecule has 41 heavy (non-hydrogen) atoms. The van der Waals surface area contributed by atoms with Crippen molar-refractivity contribution in [3.63, 3.8) is 0 Å². The van der Waals surface area contributed by atoms with Crippen molar-refractivity contribution < 1.29 is 31.2 Å². The number of carbonyl (C=O) groups is 2. The van der Waals surface area contributed by atoms with Crippen molar-refractivity contribution in [3.05, 3.63) is 89.5 Å². The lowest BCUT2D eigenvalue weighted by Crippen LogP contribution is -2.34. The Morgan fingerprint density at radius 1 is 0.780 bits per heavy atom. The van der Waals surface area contributed by atoms with E-state index >= 15 is 0 Å². The highest BCUT2D eigenvalue weighted by atomic mass is 32.2. The Morgan fingerprint density at radius 2 is 1.34 bits per heavy atom. The first-order valence-electron chi connectivity index (χ1n) is 13.4. The average Bonchev–Trinajstić information content (AvgIpc) is 2.92. The first-order valence-corrected chi connectivity index (χ1v) is 16.5. The Morgan fingerprint density at radius 3 is 1.95 bits per heavy atom. The first kappa shape index (κ1) is 30.3. The van der Waals surface area contributed by atoms with Crippen LogP contribution in [0.4, 0.5) is 10.5 Å². The molecule has 9 nitrogen and oxygen atoms in total. The van der Waals surface area contributed by atoms with Crippen LogP contribution in [0.25, 0.3) is 0 Å². The molecule has 1 saturated carbocycles. The number of ether oxygens (including phenoxy) is 1. The maximum atomic E-state index is 12.8. The van der Waals surface area contributed by atoms with Crippen LogP contribution < -0.4 is 10.0 Å². The summed E-state index contributed by atoms with van der Waals surface area (Å²) in [7, 11) is -7.41. The normalized spacial score (nSPS) is 17.4. The van der Waals surface area contributed by atoms with E-state index in [-0.39, 0.29) is 40.3 Å². The maximum absolute atomic E-state index is 12.8. The van der Waals surface area contributed by atoms with Crippen molar-refractivity contribution in [1.82, 2.24) is 4.72 Å². The third-order valence-corrected chi connectivity index (χ3v) is 10.4. The standard InChI is InChI=1S/C30H34N2O7S2/c1-21-6-14-27(15-7-21)40(35,36)20-24-12-10-23(11-13-24)19-39-29(33)25-4-3-5-26(18-25)31-30(34)32-41(37,38)28-16-8-22(2)9-17-28/h3-9,14-18,23-24H,10-13,19-20H2,1-2H3,(H2,31,32,34). The van der Waals surface area contributed by atoms with Gasteiger partial charge in [-0.05, 0) is 93.8 Å². The van der Waals surface area contributed by atoms with Gasteiger partial charge in [0, 0.05) is 5.69 Å². The monoisotopic (exact) mass is 598 g/mol. The second kappa shape index (κ2) is 12.9. The van der Waals surface area contributed by atoms with E-state index in [0.29, 0.717) is 4.90 Å². The molecule has 0 unspecified atom stereocenters.